The van der Waals surface area contributed by atoms with Gasteiger partial charge in [0.1, 0.15) is 4.83 Å². The smallest absolute Gasteiger partial charge is 0.267 e. The van der Waals surface area contributed by atoms with Crippen molar-refractivity contribution in [1.29, 1.82) is 0 Å². The summed E-state index contributed by atoms with van der Waals surface area (Å²) in [5.74, 6) is -0.458. The summed E-state index contributed by atoms with van der Waals surface area (Å²) >= 11 is 8.61. The molecule has 0 fully saturated rings. The summed E-state index contributed by atoms with van der Waals surface area (Å²) in [4.78, 5) is 31.0. The maximum Gasteiger partial charge on any atom is 0.267 e. The van der Waals surface area contributed by atoms with Crippen LogP contribution in [0, 0.1) is 13.8 Å². The van der Waals surface area contributed by atoms with Crippen LogP contribution in [-0.2, 0) is 4.79 Å². The van der Waals surface area contributed by atoms with E-state index in [2.05, 4.69) is 4.98 Å². The predicted molar refractivity (Wildman–Crippen MR) is 104 cm³/mol. The van der Waals surface area contributed by atoms with E-state index in [4.69, 9.17) is 17.3 Å². The molecule has 5 nitrogen and oxygen atoms in total. The van der Waals surface area contributed by atoms with Gasteiger partial charge in [0.15, 0.2) is 5.16 Å². The van der Waals surface area contributed by atoms with Crippen molar-refractivity contribution in [3.05, 3.63) is 50.1 Å². The zero-order valence-corrected chi connectivity index (χ0v) is 16.3. The fraction of sp³-hybridized carbons (Fsp3) is 0.235. The van der Waals surface area contributed by atoms with Crippen LogP contribution in [0.4, 0.5) is 0 Å². The van der Waals surface area contributed by atoms with Gasteiger partial charge in [0, 0.05) is 9.90 Å². The first-order valence-corrected chi connectivity index (χ1v) is 9.61. The van der Waals surface area contributed by atoms with E-state index in [1.807, 2.05) is 13.8 Å². The third-order valence-corrected chi connectivity index (χ3v) is 6.36. The van der Waals surface area contributed by atoms with E-state index < -0.39 is 11.2 Å². The number of nitrogens with two attached hydrogens (primary N) is 1. The Morgan fingerprint density at radius 1 is 1.32 bits per heavy atom. The molecular weight excluding hydrogens is 378 g/mol. The largest absolute Gasteiger partial charge is 0.369 e. The van der Waals surface area contributed by atoms with Gasteiger partial charge in [0.05, 0.1) is 16.3 Å². The standard InChI is InChI=1S/C17H16ClN3O2S2/c1-8-9(2)24-15-13(8)16(23)21(12-6-4-11(18)5-7-12)17(20-15)25-10(3)14(19)22/h4-7,10H,1-3H3,(H2,19,22)/t10-/m1/s1. The fourth-order valence-electron chi connectivity index (χ4n) is 2.39. The molecule has 3 rings (SSSR count). The van der Waals surface area contributed by atoms with Gasteiger partial charge in [-0.25, -0.2) is 4.98 Å². The Morgan fingerprint density at radius 3 is 2.56 bits per heavy atom. The minimum Gasteiger partial charge on any atom is -0.369 e. The van der Waals surface area contributed by atoms with Crippen molar-refractivity contribution in [3.63, 3.8) is 0 Å². The maximum atomic E-state index is 13.2. The first-order chi connectivity index (χ1) is 11.8. The van der Waals surface area contributed by atoms with E-state index in [9.17, 15) is 9.59 Å². The molecule has 3 aromatic rings. The van der Waals surface area contributed by atoms with Crippen molar-refractivity contribution in [3.8, 4) is 5.69 Å². The highest BCUT2D eigenvalue weighted by Gasteiger charge is 2.21. The number of carbonyl (C=O) groups excluding carboxylic acids is 1. The maximum absolute atomic E-state index is 13.2. The molecule has 0 saturated heterocycles. The molecule has 0 unspecified atom stereocenters. The number of amides is 1. The lowest BCUT2D eigenvalue weighted by Gasteiger charge is -2.14. The van der Waals surface area contributed by atoms with Crippen LogP contribution in [0.25, 0.3) is 15.9 Å². The average molecular weight is 394 g/mol. The number of thioether (sulfide) groups is 1. The highest BCUT2D eigenvalue weighted by Crippen LogP contribution is 2.31. The van der Waals surface area contributed by atoms with Gasteiger partial charge < -0.3 is 5.73 Å². The van der Waals surface area contributed by atoms with Crippen LogP contribution in [0.5, 0.6) is 0 Å². The number of nitrogens with zero attached hydrogens (tertiary/aromatic N) is 2. The number of primary amides is 1. The number of carbonyl (C=O) groups is 1. The molecule has 0 bridgehead atoms. The zero-order valence-electron chi connectivity index (χ0n) is 13.9. The van der Waals surface area contributed by atoms with Crippen LogP contribution in [-0.4, -0.2) is 20.7 Å². The summed E-state index contributed by atoms with van der Waals surface area (Å²) in [6.07, 6.45) is 0. The summed E-state index contributed by atoms with van der Waals surface area (Å²) in [6.45, 7) is 5.58. The molecule has 1 amide bonds. The number of aromatic nitrogens is 2. The molecule has 2 N–H and O–H groups in total. The van der Waals surface area contributed by atoms with E-state index in [1.165, 1.54) is 27.7 Å². The summed E-state index contributed by atoms with van der Waals surface area (Å²) < 4.78 is 1.52. The number of hydrogen-bond acceptors (Lipinski definition) is 5. The van der Waals surface area contributed by atoms with Crippen LogP contribution >= 0.6 is 34.7 Å². The molecule has 0 aliphatic carbocycles. The van der Waals surface area contributed by atoms with E-state index in [0.29, 0.717) is 26.1 Å². The lowest BCUT2D eigenvalue weighted by Crippen LogP contribution is -2.26. The topological polar surface area (TPSA) is 78.0 Å². The highest BCUT2D eigenvalue weighted by molar-refractivity contribution is 8.00. The zero-order chi connectivity index (χ0) is 18.3. The fourth-order valence-corrected chi connectivity index (χ4v) is 4.46. The summed E-state index contributed by atoms with van der Waals surface area (Å²) in [5.41, 5.74) is 6.80. The van der Waals surface area contributed by atoms with Gasteiger partial charge in [-0.05, 0) is 50.6 Å². The second-order valence-corrected chi connectivity index (χ2v) is 8.58. The van der Waals surface area contributed by atoms with Gasteiger partial charge in [0.2, 0.25) is 5.91 Å². The highest BCUT2D eigenvalue weighted by atomic mass is 35.5. The van der Waals surface area contributed by atoms with Gasteiger partial charge >= 0.3 is 0 Å². The van der Waals surface area contributed by atoms with Crippen LogP contribution < -0.4 is 11.3 Å². The minimum atomic E-state index is -0.509. The number of halogens is 1. The molecule has 1 aromatic carbocycles. The Bertz CT molecular complexity index is 1030. The van der Waals surface area contributed by atoms with Crippen molar-refractivity contribution < 1.29 is 4.79 Å². The molecule has 0 aliphatic rings. The quantitative estimate of drug-likeness (QED) is 0.541. The first kappa shape index (κ1) is 18.0. The molecule has 8 heteroatoms. The third kappa shape index (κ3) is 3.31. The van der Waals surface area contributed by atoms with Gasteiger partial charge in [-0.15, -0.1) is 11.3 Å². The van der Waals surface area contributed by atoms with Gasteiger partial charge in [0.25, 0.3) is 5.56 Å². The van der Waals surface area contributed by atoms with Crippen molar-refractivity contribution in [2.45, 2.75) is 31.2 Å². The summed E-state index contributed by atoms with van der Waals surface area (Å²) in [5, 5.41) is 1.11. The minimum absolute atomic E-state index is 0.159. The van der Waals surface area contributed by atoms with Crippen LogP contribution in [0.3, 0.4) is 0 Å². The average Bonchev–Trinajstić information content (AvgIpc) is 2.83. The number of rotatable bonds is 4. The molecule has 25 heavy (non-hydrogen) atoms. The molecular formula is C17H16ClN3O2S2. The van der Waals surface area contributed by atoms with E-state index in [0.717, 1.165) is 10.4 Å². The predicted octanol–water partition coefficient (Wildman–Crippen LogP) is 3.68. The van der Waals surface area contributed by atoms with Crippen molar-refractivity contribution in [2.75, 3.05) is 0 Å². The molecule has 0 spiro atoms. The van der Waals surface area contributed by atoms with E-state index in [-0.39, 0.29) is 5.56 Å². The lowest BCUT2D eigenvalue weighted by molar-refractivity contribution is -0.117. The number of hydrogen-bond donors (Lipinski definition) is 1. The van der Waals surface area contributed by atoms with Crippen molar-refractivity contribution >= 4 is 50.8 Å². The van der Waals surface area contributed by atoms with Gasteiger partial charge in [-0.2, -0.15) is 0 Å². The van der Waals surface area contributed by atoms with Crippen molar-refractivity contribution in [2.24, 2.45) is 5.73 Å². The number of fused-ring (bicyclic) bond motifs is 1. The second-order valence-electron chi connectivity index (χ2n) is 5.64. The Hall–Kier alpha value is -1.83. The monoisotopic (exact) mass is 393 g/mol. The number of benzene rings is 1. The molecule has 2 heterocycles. The number of thiophene rings is 1. The normalized spacial score (nSPS) is 12.5. The Morgan fingerprint density at radius 2 is 1.96 bits per heavy atom. The Balaban J connectivity index is 2.31. The van der Waals surface area contributed by atoms with Crippen LogP contribution in [0.2, 0.25) is 5.02 Å². The molecule has 2 aromatic heterocycles. The molecule has 130 valence electrons. The number of aryl methyl sites for hydroxylation is 2. The Labute approximate surface area is 157 Å². The molecule has 0 saturated carbocycles. The first-order valence-electron chi connectivity index (χ1n) is 7.54. The SMILES string of the molecule is Cc1sc2nc(S[C@H](C)C(N)=O)n(-c3ccc(Cl)cc3)c(=O)c2c1C. The lowest BCUT2D eigenvalue weighted by atomic mass is 10.2. The van der Waals surface area contributed by atoms with Crippen LogP contribution in [0.1, 0.15) is 17.4 Å². The third-order valence-electron chi connectivity index (χ3n) is 3.94. The van der Waals surface area contributed by atoms with Gasteiger partial charge in [-0.1, -0.05) is 23.4 Å². The summed E-state index contributed by atoms with van der Waals surface area (Å²) in [7, 11) is 0. The van der Waals surface area contributed by atoms with Crippen molar-refractivity contribution in [1.82, 2.24) is 9.55 Å². The second kappa shape index (κ2) is 6.82. The van der Waals surface area contributed by atoms with E-state index >= 15 is 0 Å². The Kier molecular flexibility index (Phi) is 4.90. The molecule has 1 atom stereocenters. The molecule has 0 aliphatic heterocycles. The molecule has 0 radical (unpaired) electrons. The summed E-state index contributed by atoms with van der Waals surface area (Å²) in [6, 6.07) is 6.94. The van der Waals surface area contributed by atoms with E-state index in [1.54, 1.807) is 31.2 Å². The van der Waals surface area contributed by atoms with Crippen LogP contribution in [0.15, 0.2) is 34.2 Å². The van der Waals surface area contributed by atoms with Gasteiger partial charge in [-0.3, -0.25) is 14.2 Å².